The molecule has 2 aromatic carbocycles. The number of nitrogens with one attached hydrogen (secondary N) is 1. The van der Waals surface area contributed by atoms with E-state index in [0.29, 0.717) is 25.8 Å². The average molecular weight is 484 g/mol. The number of amides is 2. The molecule has 2 fully saturated rings. The highest BCUT2D eigenvalue weighted by Gasteiger charge is 2.61. The van der Waals surface area contributed by atoms with E-state index in [0.717, 1.165) is 43.0 Å². The number of halogens is 1. The number of nitro benzene ring substituents is 1. The van der Waals surface area contributed by atoms with Crippen LogP contribution in [0.5, 0.6) is 0 Å². The Labute approximate surface area is 203 Å². The molecular weight excluding hydrogens is 453 g/mol. The molecule has 0 bridgehead atoms. The Balaban J connectivity index is 1.67. The quantitative estimate of drug-likeness (QED) is 0.486. The van der Waals surface area contributed by atoms with E-state index < -0.39 is 51.2 Å². The van der Waals surface area contributed by atoms with Gasteiger partial charge in [-0.05, 0) is 57.6 Å². The van der Waals surface area contributed by atoms with Crippen LogP contribution in [0.1, 0.15) is 61.9 Å². The topological polar surface area (TPSA) is 102 Å². The monoisotopic (exact) mass is 483 g/mol. The minimum Gasteiger partial charge on any atom is -0.354 e. The van der Waals surface area contributed by atoms with Crippen molar-refractivity contribution in [3.8, 4) is 0 Å². The lowest BCUT2D eigenvalue weighted by atomic mass is 9.89. The third-order valence-electron chi connectivity index (χ3n) is 6.86. The van der Waals surface area contributed by atoms with Crippen molar-refractivity contribution in [3.05, 3.63) is 75.6 Å². The molecule has 1 unspecified atom stereocenters. The molecule has 186 valence electrons. The molecule has 1 atom stereocenters. The lowest BCUT2D eigenvalue weighted by molar-refractivity contribution is -0.384. The smallest absolute Gasteiger partial charge is 0.270 e. The van der Waals surface area contributed by atoms with Gasteiger partial charge in [-0.25, -0.2) is 4.39 Å². The second-order valence-corrected chi connectivity index (χ2v) is 9.74. The Bertz CT molecular complexity index is 1120. The maximum atomic E-state index is 14.8. The molecule has 9 heteroatoms. The largest absolute Gasteiger partial charge is 0.354 e. The fraction of sp³-hybridized carbons (Fsp3) is 0.462. The summed E-state index contributed by atoms with van der Waals surface area (Å²) >= 11 is 0. The van der Waals surface area contributed by atoms with Crippen molar-refractivity contribution in [3.63, 3.8) is 0 Å². The summed E-state index contributed by atoms with van der Waals surface area (Å²) in [6.07, 6.45) is 4.17. The molecule has 2 amide bonds. The van der Waals surface area contributed by atoms with Crippen molar-refractivity contribution in [1.29, 1.82) is 0 Å². The lowest BCUT2D eigenvalue weighted by Gasteiger charge is -2.41. The lowest BCUT2D eigenvalue weighted by Crippen LogP contribution is -2.58. The molecule has 1 aliphatic carbocycles. The van der Waals surface area contributed by atoms with E-state index in [4.69, 9.17) is 4.74 Å². The zero-order valence-electron chi connectivity index (χ0n) is 20.0. The highest BCUT2D eigenvalue weighted by Crippen LogP contribution is 2.48. The minimum absolute atomic E-state index is 0.357. The van der Waals surface area contributed by atoms with Gasteiger partial charge in [0.25, 0.3) is 11.6 Å². The second-order valence-electron chi connectivity index (χ2n) is 9.74. The van der Waals surface area contributed by atoms with Gasteiger partial charge in [-0.15, -0.1) is 0 Å². The molecule has 1 saturated heterocycles. The molecular formula is C26H30FN3O5. The van der Waals surface area contributed by atoms with Crippen LogP contribution < -0.4 is 5.32 Å². The highest BCUT2D eigenvalue weighted by atomic mass is 19.1. The van der Waals surface area contributed by atoms with E-state index >= 15 is 0 Å². The Morgan fingerprint density at radius 1 is 1.14 bits per heavy atom. The minimum atomic E-state index is -1.07. The molecule has 35 heavy (non-hydrogen) atoms. The number of hydrogen-bond donors (Lipinski definition) is 1. The molecule has 1 heterocycles. The standard InChI is InChI=1S/C26H30FN3O5/c1-25(2)22(23(31)28-16-13-18-9-5-3-6-10-18)29(26(35-25)14-7-4-8-15-26)24(32)20-17-19(30(33)34)11-12-21(20)27/h3,5-6,9-12,17,22H,4,7-8,13-16H2,1-2H3,(H,28,31). The van der Waals surface area contributed by atoms with Gasteiger partial charge in [-0.2, -0.15) is 0 Å². The van der Waals surface area contributed by atoms with Gasteiger partial charge >= 0.3 is 0 Å². The average Bonchev–Trinajstić information content (AvgIpc) is 3.05. The first-order valence-electron chi connectivity index (χ1n) is 11.9. The van der Waals surface area contributed by atoms with Crippen LogP contribution in [0.4, 0.5) is 10.1 Å². The van der Waals surface area contributed by atoms with Gasteiger partial charge < -0.3 is 10.1 Å². The van der Waals surface area contributed by atoms with Crippen LogP contribution in [-0.4, -0.2) is 45.6 Å². The molecule has 1 spiro atoms. The van der Waals surface area contributed by atoms with E-state index in [1.807, 2.05) is 30.3 Å². The Morgan fingerprint density at radius 3 is 2.49 bits per heavy atom. The Kier molecular flexibility index (Phi) is 6.89. The molecule has 4 rings (SSSR count). The number of carbonyl (C=O) groups is 2. The summed E-state index contributed by atoms with van der Waals surface area (Å²) < 4.78 is 21.2. The summed E-state index contributed by atoms with van der Waals surface area (Å²) in [5.74, 6) is -2.05. The van der Waals surface area contributed by atoms with Gasteiger partial charge in [0, 0.05) is 18.7 Å². The molecule has 1 aliphatic heterocycles. The highest BCUT2D eigenvalue weighted by molar-refractivity contribution is 5.99. The van der Waals surface area contributed by atoms with Gasteiger partial charge in [-0.1, -0.05) is 36.8 Å². The van der Waals surface area contributed by atoms with Gasteiger partial charge in [0.2, 0.25) is 5.91 Å². The number of hydrogen-bond acceptors (Lipinski definition) is 5. The second kappa shape index (κ2) is 9.73. The summed E-state index contributed by atoms with van der Waals surface area (Å²) in [6, 6.07) is 11.5. The summed E-state index contributed by atoms with van der Waals surface area (Å²) in [6.45, 7) is 3.86. The zero-order chi connectivity index (χ0) is 25.2. The third-order valence-corrected chi connectivity index (χ3v) is 6.86. The van der Waals surface area contributed by atoms with Crippen LogP contribution in [-0.2, 0) is 16.0 Å². The molecule has 2 aliphatic rings. The first kappa shape index (κ1) is 24.8. The predicted molar refractivity (Wildman–Crippen MR) is 127 cm³/mol. The van der Waals surface area contributed by atoms with Crippen LogP contribution in [0.2, 0.25) is 0 Å². The molecule has 0 radical (unpaired) electrons. The van der Waals surface area contributed by atoms with Crippen molar-refractivity contribution in [1.82, 2.24) is 10.2 Å². The van der Waals surface area contributed by atoms with E-state index in [1.54, 1.807) is 13.8 Å². The van der Waals surface area contributed by atoms with Gasteiger partial charge in [-0.3, -0.25) is 24.6 Å². The normalized spacial score (nSPS) is 20.5. The van der Waals surface area contributed by atoms with Crippen LogP contribution in [0, 0.1) is 15.9 Å². The summed E-state index contributed by atoms with van der Waals surface area (Å²) in [4.78, 5) is 39.3. The van der Waals surface area contributed by atoms with Crippen LogP contribution in [0.15, 0.2) is 48.5 Å². The third kappa shape index (κ3) is 4.91. The van der Waals surface area contributed by atoms with Gasteiger partial charge in [0.05, 0.1) is 16.1 Å². The number of nitrogens with zero attached hydrogens (tertiary/aromatic N) is 2. The number of rotatable bonds is 6. The van der Waals surface area contributed by atoms with Crippen LogP contribution in [0.25, 0.3) is 0 Å². The number of non-ortho nitro benzene ring substituents is 1. The maximum absolute atomic E-state index is 14.8. The van der Waals surface area contributed by atoms with Gasteiger partial charge in [0.1, 0.15) is 17.6 Å². The SMILES string of the molecule is CC1(C)OC2(CCCCC2)N(C(=O)c2cc([N+](=O)[O-])ccc2F)C1C(=O)NCCc1ccccc1. The summed E-state index contributed by atoms with van der Waals surface area (Å²) in [5.41, 5.74) is -1.88. The number of nitro groups is 1. The Morgan fingerprint density at radius 2 is 1.83 bits per heavy atom. The number of carbonyl (C=O) groups excluding carboxylic acids is 2. The summed E-state index contributed by atoms with van der Waals surface area (Å²) in [5, 5.41) is 14.2. The van der Waals surface area contributed by atoms with Crippen molar-refractivity contribution in [2.45, 2.75) is 69.7 Å². The molecule has 8 nitrogen and oxygen atoms in total. The van der Waals surface area contributed by atoms with E-state index in [2.05, 4.69) is 5.32 Å². The van der Waals surface area contributed by atoms with Crippen molar-refractivity contribution in [2.24, 2.45) is 0 Å². The van der Waals surface area contributed by atoms with E-state index in [-0.39, 0.29) is 0 Å². The van der Waals surface area contributed by atoms with Crippen molar-refractivity contribution >= 4 is 17.5 Å². The summed E-state index contributed by atoms with van der Waals surface area (Å²) in [7, 11) is 0. The molecule has 0 aromatic heterocycles. The zero-order valence-corrected chi connectivity index (χ0v) is 20.0. The van der Waals surface area contributed by atoms with E-state index in [1.165, 1.54) is 4.90 Å². The van der Waals surface area contributed by atoms with E-state index in [9.17, 15) is 24.1 Å². The Hall–Kier alpha value is -3.33. The molecule has 1 saturated carbocycles. The van der Waals surface area contributed by atoms with Crippen molar-refractivity contribution in [2.75, 3.05) is 6.54 Å². The molecule has 1 N–H and O–H groups in total. The van der Waals surface area contributed by atoms with Crippen LogP contribution >= 0.6 is 0 Å². The first-order valence-corrected chi connectivity index (χ1v) is 11.9. The number of ether oxygens (including phenoxy) is 1. The van der Waals surface area contributed by atoms with Crippen LogP contribution in [0.3, 0.4) is 0 Å². The maximum Gasteiger partial charge on any atom is 0.270 e. The first-order chi connectivity index (χ1) is 16.6. The fourth-order valence-electron chi connectivity index (χ4n) is 5.32. The van der Waals surface area contributed by atoms with Gasteiger partial charge in [0.15, 0.2) is 0 Å². The predicted octanol–water partition coefficient (Wildman–Crippen LogP) is 4.37. The fourth-order valence-corrected chi connectivity index (χ4v) is 5.32. The van der Waals surface area contributed by atoms with Crippen molar-refractivity contribution < 1.29 is 23.6 Å². The number of benzene rings is 2. The molecule has 2 aromatic rings.